The maximum atomic E-state index is 12.2. The Bertz CT molecular complexity index is 1340. The molecular weight excluding hydrogens is 511 g/mol. The van der Waals surface area contributed by atoms with E-state index in [0.717, 1.165) is 0 Å². The van der Waals surface area contributed by atoms with Gasteiger partial charge >= 0.3 is 5.69 Å². The van der Waals surface area contributed by atoms with Gasteiger partial charge in [0.25, 0.3) is 0 Å². The lowest BCUT2D eigenvalue weighted by atomic mass is 9.96. The second-order valence-electron chi connectivity index (χ2n) is 8.65. The van der Waals surface area contributed by atoms with Crippen LogP contribution in [0, 0.1) is 10.1 Å². The van der Waals surface area contributed by atoms with Crippen molar-refractivity contribution in [3.8, 4) is 0 Å². The number of benzene rings is 3. The molecule has 0 atom stereocenters. The molecule has 1 aromatic heterocycles. The molecule has 1 N–H and O–H groups in total. The summed E-state index contributed by atoms with van der Waals surface area (Å²) in [6, 6.07) is 25.7. The van der Waals surface area contributed by atoms with Gasteiger partial charge in [-0.15, -0.1) is 0 Å². The van der Waals surface area contributed by atoms with Crippen LogP contribution < -0.4 is 10.2 Å². The molecule has 2 heterocycles. The van der Waals surface area contributed by atoms with E-state index in [1.165, 1.54) is 17.5 Å². The molecule has 10 heteroatoms. The quantitative estimate of drug-likeness (QED) is 0.218. The number of aromatic nitrogens is 2. The zero-order chi connectivity index (χ0) is 25.8. The number of rotatable bonds is 7. The molecule has 0 spiro atoms. The Balaban J connectivity index is 1.40. The molecule has 0 radical (unpaired) electrons. The van der Waals surface area contributed by atoms with Crippen molar-refractivity contribution in [1.29, 1.82) is 0 Å². The SMILES string of the molecule is O=[N+]([O-])c1c(Nc2ccc(Cl)cc2Cl)ncnc1N1CCN(C(c2ccccc2)c2ccccc2)CC1. The summed E-state index contributed by atoms with van der Waals surface area (Å²) in [6.45, 7) is 2.58. The van der Waals surface area contributed by atoms with Crippen LogP contribution in [0.2, 0.25) is 10.0 Å². The highest BCUT2D eigenvalue weighted by molar-refractivity contribution is 6.36. The highest BCUT2D eigenvalue weighted by Crippen LogP contribution is 2.37. The third kappa shape index (κ3) is 5.51. The molecule has 1 aliphatic heterocycles. The standard InChI is InChI=1S/C27H24Cl2N6O2/c28-21-11-12-23(22(29)17-21)32-26-25(35(36)37)27(31-18-30-26)34-15-13-33(14-16-34)24(19-7-3-1-4-8-19)20-9-5-2-6-10-20/h1-12,17-18,24H,13-16H2,(H,30,31,32). The fraction of sp³-hybridized carbons (Fsp3) is 0.185. The topological polar surface area (TPSA) is 87.4 Å². The first-order chi connectivity index (χ1) is 18.0. The number of anilines is 3. The number of halogens is 2. The number of nitrogens with one attached hydrogen (secondary N) is 1. The number of nitrogens with zero attached hydrogens (tertiary/aromatic N) is 5. The van der Waals surface area contributed by atoms with Crippen LogP contribution in [0.5, 0.6) is 0 Å². The Hall–Kier alpha value is -3.72. The van der Waals surface area contributed by atoms with E-state index in [-0.39, 0.29) is 23.4 Å². The molecule has 1 saturated heterocycles. The van der Waals surface area contributed by atoms with E-state index in [4.69, 9.17) is 23.2 Å². The van der Waals surface area contributed by atoms with Crippen LogP contribution in [0.15, 0.2) is 85.2 Å². The predicted molar refractivity (Wildman–Crippen MR) is 147 cm³/mol. The van der Waals surface area contributed by atoms with E-state index >= 15 is 0 Å². The van der Waals surface area contributed by atoms with E-state index in [0.29, 0.717) is 41.9 Å². The molecule has 4 aromatic rings. The predicted octanol–water partition coefficient (Wildman–Crippen LogP) is 6.35. The molecule has 5 rings (SSSR count). The first kappa shape index (κ1) is 25.0. The zero-order valence-corrected chi connectivity index (χ0v) is 21.3. The smallest absolute Gasteiger partial charge is 0.348 e. The van der Waals surface area contributed by atoms with Crippen molar-refractivity contribution in [2.75, 3.05) is 36.4 Å². The highest BCUT2D eigenvalue weighted by Gasteiger charge is 2.32. The third-order valence-corrected chi connectivity index (χ3v) is 6.93. The highest BCUT2D eigenvalue weighted by atomic mass is 35.5. The second kappa shape index (κ2) is 11.1. The van der Waals surface area contributed by atoms with Gasteiger partial charge in [0.1, 0.15) is 6.33 Å². The van der Waals surface area contributed by atoms with Crippen LogP contribution in [0.4, 0.5) is 23.0 Å². The lowest BCUT2D eigenvalue weighted by molar-refractivity contribution is -0.383. The molecular formula is C27H24Cl2N6O2. The fourth-order valence-corrected chi connectivity index (χ4v) is 5.11. The van der Waals surface area contributed by atoms with Crippen LogP contribution in [0.3, 0.4) is 0 Å². The summed E-state index contributed by atoms with van der Waals surface area (Å²) >= 11 is 12.3. The van der Waals surface area contributed by atoms with Gasteiger partial charge < -0.3 is 10.2 Å². The molecule has 0 aliphatic carbocycles. The summed E-state index contributed by atoms with van der Waals surface area (Å²) in [6.07, 6.45) is 1.33. The normalized spacial score (nSPS) is 14.1. The maximum Gasteiger partial charge on any atom is 0.353 e. The molecule has 3 aromatic carbocycles. The van der Waals surface area contributed by atoms with Crippen LogP contribution >= 0.6 is 23.2 Å². The fourth-order valence-electron chi connectivity index (χ4n) is 4.66. The first-order valence-corrected chi connectivity index (χ1v) is 12.6. The molecule has 0 bridgehead atoms. The van der Waals surface area contributed by atoms with Gasteiger partial charge in [-0.3, -0.25) is 15.0 Å². The number of piperazine rings is 1. The minimum Gasteiger partial charge on any atom is -0.348 e. The van der Waals surface area contributed by atoms with Crippen LogP contribution in [0.1, 0.15) is 17.2 Å². The van der Waals surface area contributed by atoms with Crippen molar-refractivity contribution in [1.82, 2.24) is 14.9 Å². The Morgan fingerprint density at radius 3 is 2.05 bits per heavy atom. The first-order valence-electron chi connectivity index (χ1n) is 11.8. The Morgan fingerprint density at radius 1 is 0.865 bits per heavy atom. The van der Waals surface area contributed by atoms with Crippen LogP contribution in [-0.4, -0.2) is 46.0 Å². The van der Waals surface area contributed by atoms with Gasteiger partial charge in [-0.1, -0.05) is 83.9 Å². The minimum atomic E-state index is -0.454. The van der Waals surface area contributed by atoms with E-state index in [1.807, 2.05) is 41.3 Å². The Labute approximate surface area is 224 Å². The molecule has 8 nitrogen and oxygen atoms in total. The monoisotopic (exact) mass is 534 g/mol. The van der Waals surface area contributed by atoms with Crippen molar-refractivity contribution in [3.63, 3.8) is 0 Å². The number of hydrogen-bond acceptors (Lipinski definition) is 7. The lowest BCUT2D eigenvalue weighted by Gasteiger charge is -2.40. The average molecular weight is 535 g/mol. The minimum absolute atomic E-state index is 0.0769. The van der Waals surface area contributed by atoms with E-state index in [2.05, 4.69) is 44.5 Å². The zero-order valence-electron chi connectivity index (χ0n) is 19.8. The Morgan fingerprint density at radius 2 is 1.49 bits per heavy atom. The molecule has 1 fully saturated rings. The Kier molecular flexibility index (Phi) is 7.50. The number of nitro groups is 1. The van der Waals surface area contributed by atoms with Crippen molar-refractivity contribution in [2.45, 2.75) is 6.04 Å². The summed E-state index contributed by atoms with van der Waals surface area (Å²) < 4.78 is 0. The van der Waals surface area contributed by atoms with Gasteiger partial charge in [0.05, 0.1) is 21.7 Å². The summed E-state index contributed by atoms with van der Waals surface area (Å²) in [4.78, 5) is 24.5. The maximum absolute atomic E-state index is 12.2. The van der Waals surface area contributed by atoms with Crippen LogP contribution in [0.25, 0.3) is 0 Å². The summed E-state index contributed by atoms with van der Waals surface area (Å²) in [5.74, 6) is 0.358. The van der Waals surface area contributed by atoms with Crippen molar-refractivity contribution >= 4 is 46.2 Å². The van der Waals surface area contributed by atoms with Gasteiger partial charge in [-0.05, 0) is 29.3 Å². The van der Waals surface area contributed by atoms with Gasteiger partial charge in [0.2, 0.25) is 11.6 Å². The van der Waals surface area contributed by atoms with Crippen molar-refractivity contribution in [3.05, 3.63) is 116 Å². The van der Waals surface area contributed by atoms with E-state index in [9.17, 15) is 10.1 Å². The molecule has 0 saturated carbocycles. The van der Waals surface area contributed by atoms with Gasteiger partial charge in [0.15, 0.2) is 0 Å². The van der Waals surface area contributed by atoms with Crippen molar-refractivity contribution < 1.29 is 4.92 Å². The summed E-state index contributed by atoms with van der Waals surface area (Å²) in [7, 11) is 0. The average Bonchev–Trinajstić information content (AvgIpc) is 2.92. The molecule has 37 heavy (non-hydrogen) atoms. The van der Waals surface area contributed by atoms with Gasteiger partial charge in [-0.2, -0.15) is 0 Å². The second-order valence-corrected chi connectivity index (χ2v) is 9.49. The largest absolute Gasteiger partial charge is 0.353 e. The molecule has 0 unspecified atom stereocenters. The third-order valence-electron chi connectivity index (χ3n) is 6.38. The summed E-state index contributed by atoms with van der Waals surface area (Å²) in [5, 5.41) is 15.9. The van der Waals surface area contributed by atoms with Gasteiger partial charge in [0, 0.05) is 31.2 Å². The molecule has 1 aliphatic rings. The van der Waals surface area contributed by atoms with E-state index < -0.39 is 4.92 Å². The van der Waals surface area contributed by atoms with Crippen molar-refractivity contribution in [2.24, 2.45) is 0 Å². The lowest BCUT2D eigenvalue weighted by Crippen LogP contribution is -2.48. The van der Waals surface area contributed by atoms with E-state index in [1.54, 1.807) is 18.2 Å². The van der Waals surface area contributed by atoms with Crippen LogP contribution in [-0.2, 0) is 0 Å². The molecule has 188 valence electrons. The summed E-state index contributed by atoms with van der Waals surface area (Å²) in [5.41, 5.74) is 2.70. The number of hydrogen-bond donors (Lipinski definition) is 1. The van der Waals surface area contributed by atoms with Gasteiger partial charge in [-0.25, -0.2) is 9.97 Å². The molecule has 0 amide bonds.